The number of imide groups is 1. The second kappa shape index (κ2) is 11.7. The van der Waals surface area contributed by atoms with Crippen LogP contribution in [0.2, 0.25) is 5.04 Å². The van der Waals surface area contributed by atoms with E-state index in [1.165, 1.54) is 10.4 Å². The average molecular weight is 591 g/mol. The van der Waals surface area contributed by atoms with E-state index in [0.717, 1.165) is 21.6 Å². The Balaban J connectivity index is 1.46. The van der Waals surface area contributed by atoms with Crippen molar-refractivity contribution in [2.24, 2.45) is 0 Å². The van der Waals surface area contributed by atoms with Gasteiger partial charge in [0.15, 0.2) is 0 Å². The molecule has 0 fully saturated rings. The van der Waals surface area contributed by atoms with Crippen molar-refractivity contribution in [3.63, 3.8) is 0 Å². The highest BCUT2D eigenvalue weighted by atomic mass is 28.4. The Kier molecular flexibility index (Phi) is 8.23. The number of nitrogens with one attached hydrogen (secondary N) is 1. The maximum absolute atomic E-state index is 13.2. The fourth-order valence-electron chi connectivity index (χ4n) is 6.36. The molecule has 1 N–H and O–H groups in total. The maximum Gasteiger partial charge on any atom is 0.262 e. The third kappa shape index (κ3) is 5.46. The van der Waals surface area contributed by atoms with Gasteiger partial charge in [-0.25, -0.2) is 0 Å². The maximum atomic E-state index is 13.2. The highest BCUT2D eigenvalue weighted by molar-refractivity contribution is 6.99. The van der Waals surface area contributed by atoms with Crippen LogP contribution in [-0.4, -0.2) is 37.5 Å². The molecule has 4 aromatic carbocycles. The standard InChI is InChI=1S/C36H38N2O4Si/c1-24-21-22-31(37-32(39)23-38-34(40)29-19-13-14-20-30(29)35(38)41)25(2)33(24)26(3)42-43(36(4,5)6,27-15-9-7-10-16-27)28-17-11-8-12-18-28/h7-22,26H,23H2,1-6H3,(H,37,39). The quantitative estimate of drug-likeness (QED) is 0.197. The topological polar surface area (TPSA) is 75.7 Å². The first-order valence-electron chi connectivity index (χ1n) is 14.6. The van der Waals surface area contributed by atoms with Crippen molar-refractivity contribution in [1.29, 1.82) is 0 Å². The number of hydrogen-bond acceptors (Lipinski definition) is 4. The number of carbonyl (C=O) groups is 3. The van der Waals surface area contributed by atoms with E-state index in [4.69, 9.17) is 4.43 Å². The van der Waals surface area contributed by atoms with Gasteiger partial charge in [-0.05, 0) is 71.1 Å². The van der Waals surface area contributed by atoms with E-state index in [0.29, 0.717) is 16.8 Å². The number of anilines is 1. The number of amides is 3. The number of benzene rings is 4. The highest BCUT2D eigenvalue weighted by Gasteiger charge is 2.51. The lowest BCUT2D eigenvalue weighted by molar-refractivity contribution is -0.116. The van der Waals surface area contributed by atoms with Gasteiger partial charge < -0.3 is 9.74 Å². The molecular weight excluding hydrogens is 552 g/mol. The van der Waals surface area contributed by atoms with Crippen LogP contribution < -0.4 is 15.7 Å². The first-order valence-corrected chi connectivity index (χ1v) is 16.5. The van der Waals surface area contributed by atoms with E-state index in [2.05, 4.69) is 88.5 Å². The van der Waals surface area contributed by atoms with Crippen LogP contribution in [-0.2, 0) is 9.22 Å². The summed E-state index contributed by atoms with van der Waals surface area (Å²) in [6, 6.07) is 31.5. The van der Waals surface area contributed by atoms with Gasteiger partial charge in [-0.1, -0.05) is 99.6 Å². The summed E-state index contributed by atoms with van der Waals surface area (Å²) < 4.78 is 7.38. The molecule has 5 rings (SSSR count). The monoisotopic (exact) mass is 590 g/mol. The van der Waals surface area contributed by atoms with Gasteiger partial charge in [0.05, 0.1) is 17.2 Å². The van der Waals surface area contributed by atoms with Gasteiger partial charge in [-0.3, -0.25) is 19.3 Å². The molecule has 0 aliphatic carbocycles. The smallest absolute Gasteiger partial charge is 0.262 e. The number of hydrogen-bond donors (Lipinski definition) is 1. The third-order valence-electron chi connectivity index (χ3n) is 8.36. The molecule has 220 valence electrons. The molecule has 7 heteroatoms. The fraction of sp³-hybridized carbons (Fsp3) is 0.250. The summed E-state index contributed by atoms with van der Waals surface area (Å²) >= 11 is 0. The molecule has 1 aliphatic rings. The van der Waals surface area contributed by atoms with Crippen molar-refractivity contribution in [2.45, 2.75) is 52.7 Å². The van der Waals surface area contributed by atoms with Crippen molar-refractivity contribution < 1.29 is 18.8 Å². The molecule has 0 aromatic heterocycles. The Hall–Kier alpha value is -4.33. The summed E-state index contributed by atoms with van der Waals surface area (Å²) in [6.07, 6.45) is -0.292. The molecule has 0 saturated carbocycles. The zero-order valence-electron chi connectivity index (χ0n) is 25.6. The highest BCUT2D eigenvalue weighted by Crippen LogP contribution is 2.41. The molecule has 0 bridgehead atoms. The van der Waals surface area contributed by atoms with Crippen LogP contribution in [0.4, 0.5) is 5.69 Å². The Morgan fingerprint density at radius 1 is 0.791 bits per heavy atom. The zero-order valence-corrected chi connectivity index (χ0v) is 26.6. The van der Waals surface area contributed by atoms with Crippen molar-refractivity contribution in [2.75, 3.05) is 11.9 Å². The lowest BCUT2D eigenvalue weighted by atomic mass is 9.97. The second-order valence-corrected chi connectivity index (χ2v) is 16.4. The Morgan fingerprint density at radius 3 is 1.77 bits per heavy atom. The molecule has 43 heavy (non-hydrogen) atoms. The van der Waals surface area contributed by atoms with E-state index < -0.39 is 26.0 Å². The van der Waals surface area contributed by atoms with Gasteiger partial charge in [0.1, 0.15) is 6.54 Å². The van der Waals surface area contributed by atoms with E-state index >= 15 is 0 Å². The minimum Gasteiger partial charge on any atom is -0.401 e. The summed E-state index contributed by atoms with van der Waals surface area (Å²) in [5, 5.41) is 5.16. The van der Waals surface area contributed by atoms with Crippen LogP contribution in [0.3, 0.4) is 0 Å². The number of fused-ring (bicyclic) bond motifs is 1. The molecule has 1 heterocycles. The largest absolute Gasteiger partial charge is 0.401 e. The lowest BCUT2D eigenvalue weighted by Gasteiger charge is -2.45. The summed E-state index contributed by atoms with van der Waals surface area (Å²) in [5.41, 5.74) is 4.22. The van der Waals surface area contributed by atoms with Crippen molar-refractivity contribution in [1.82, 2.24) is 4.90 Å². The van der Waals surface area contributed by atoms with Gasteiger partial charge in [-0.15, -0.1) is 0 Å². The van der Waals surface area contributed by atoms with Crippen LogP contribution >= 0.6 is 0 Å². The fourth-order valence-corrected chi connectivity index (χ4v) is 11.0. The van der Waals surface area contributed by atoms with Gasteiger partial charge in [-0.2, -0.15) is 0 Å². The molecule has 3 amide bonds. The lowest BCUT2D eigenvalue weighted by Crippen LogP contribution is -2.66. The summed E-state index contributed by atoms with van der Waals surface area (Å²) in [6.45, 7) is 12.5. The molecule has 1 atom stereocenters. The summed E-state index contributed by atoms with van der Waals surface area (Å²) in [4.78, 5) is 39.8. The van der Waals surface area contributed by atoms with Crippen molar-refractivity contribution >= 4 is 42.1 Å². The van der Waals surface area contributed by atoms with Gasteiger partial charge in [0, 0.05) is 5.69 Å². The zero-order chi connectivity index (χ0) is 30.9. The van der Waals surface area contributed by atoms with E-state index in [1.807, 2.05) is 31.2 Å². The minimum atomic E-state index is -2.83. The van der Waals surface area contributed by atoms with Gasteiger partial charge in [0.2, 0.25) is 5.91 Å². The summed E-state index contributed by atoms with van der Waals surface area (Å²) in [7, 11) is -2.83. The van der Waals surface area contributed by atoms with Gasteiger partial charge >= 0.3 is 0 Å². The Bertz CT molecular complexity index is 1600. The molecule has 6 nitrogen and oxygen atoms in total. The van der Waals surface area contributed by atoms with Crippen LogP contribution in [0.15, 0.2) is 97.1 Å². The Labute approximate surface area is 254 Å². The molecule has 0 radical (unpaired) electrons. The molecule has 0 saturated heterocycles. The number of nitrogens with zero attached hydrogens (tertiary/aromatic N) is 1. The third-order valence-corrected chi connectivity index (χ3v) is 13.5. The predicted molar refractivity (Wildman–Crippen MR) is 173 cm³/mol. The van der Waals surface area contributed by atoms with Crippen molar-refractivity contribution in [3.05, 3.63) is 125 Å². The molecular formula is C36H38N2O4Si. The van der Waals surface area contributed by atoms with Crippen LogP contribution in [0, 0.1) is 13.8 Å². The number of rotatable bonds is 8. The normalized spacial score (nSPS) is 14.0. The summed E-state index contributed by atoms with van der Waals surface area (Å²) in [5.74, 6) is -1.35. The predicted octanol–water partition coefficient (Wildman–Crippen LogP) is 6.18. The van der Waals surface area contributed by atoms with Crippen LogP contribution in [0.5, 0.6) is 0 Å². The SMILES string of the molecule is Cc1ccc(NC(=O)CN2C(=O)c3ccccc3C2=O)c(C)c1C(C)O[Si](c1ccccc1)(c1ccccc1)C(C)(C)C. The van der Waals surface area contributed by atoms with Crippen LogP contribution in [0.1, 0.15) is 71.2 Å². The number of aryl methyl sites for hydroxylation is 1. The van der Waals surface area contributed by atoms with Crippen molar-refractivity contribution in [3.8, 4) is 0 Å². The average Bonchev–Trinajstić information content (AvgIpc) is 3.22. The minimum absolute atomic E-state index is 0.190. The van der Waals surface area contributed by atoms with E-state index in [9.17, 15) is 14.4 Å². The molecule has 1 unspecified atom stereocenters. The van der Waals surface area contributed by atoms with E-state index in [-0.39, 0.29) is 17.7 Å². The van der Waals surface area contributed by atoms with E-state index in [1.54, 1.807) is 24.3 Å². The first kappa shape index (κ1) is 30.1. The second-order valence-electron chi connectivity index (χ2n) is 12.2. The molecule has 1 aliphatic heterocycles. The molecule has 4 aromatic rings. The first-order chi connectivity index (χ1) is 20.5. The molecule has 0 spiro atoms. The van der Waals surface area contributed by atoms with Crippen LogP contribution in [0.25, 0.3) is 0 Å². The Morgan fingerprint density at radius 2 is 1.28 bits per heavy atom. The number of carbonyl (C=O) groups excluding carboxylic acids is 3. The van der Waals surface area contributed by atoms with Gasteiger partial charge in [0.25, 0.3) is 20.1 Å².